The molecule has 0 N–H and O–H groups in total. The number of para-hydroxylation sites is 1. The van der Waals surface area contributed by atoms with Crippen LogP contribution >= 0.6 is 11.8 Å². The van der Waals surface area contributed by atoms with Crippen LogP contribution in [0, 0.1) is 0 Å². The van der Waals surface area contributed by atoms with Crippen molar-refractivity contribution in [2.75, 3.05) is 5.75 Å². The van der Waals surface area contributed by atoms with Gasteiger partial charge < -0.3 is 8.98 Å². The number of aromatic nitrogens is 4. The average Bonchev–Trinajstić information content (AvgIpc) is 3.47. The van der Waals surface area contributed by atoms with E-state index < -0.39 is 0 Å². The van der Waals surface area contributed by atoms with Crippen molar-refractivity contribution in [2.24, 2.45) is 0 Å². The van der Waals surface area contributed by atoms with Gasteiger partial charge in [-0.2, -0.15) is 0 Å². The number of thioether (sulfide) groups is 1. The molecule has 5 aromatic rings. The Morgan fingerprint density at radius 3 is 2.62 bits per heavy atom. The van der Waals surface area contributed by atoms with Crippen molar-refractivity contribution in [1.29, 1.82) is 0 Å². The average molecular weight is 443 g/mol. The highest BCUT2D eigenvalue weighted by Gasteiger charge is 2.15. The second kappa shape index (κ2) is 9.36. The molecule has 0 spiro atoms. The number of fused-ring (bicyclic) bond motifs is 3. The largest absolute Gasteiger partial charge is 0.469 e. The zero-order valence-electron chi connectivity index (χ0n) is 17.5. The van der Waals surface area contributed by atoms with E-state index >= 15 is 0 Å². The standard InChI is InChI=1S/C25H22N4O2S/c30-19(12-13-20-9-6-16-31-20)17-32-25-26-24-23(27-28-25)21-10-4-5-11-22(21)29(24)15-14-18-7-2-1-3-8-18/h1-11,16H,12-15,17H2. The highest BCUT2D eigenvalue weighted by molar-refractivity contribution is 7.99. The molecule has 0 atom stereocenters. The van der Waals surface area contributed by atoms with Crippen molar-refractivity contribution in [3.8, 4) is 0 Å². The molecule has 0 unspecified atom stereocenters. The highest BCUT2D eigenvalue weighted by Crippen LogP contribution is 2.27. The minimum Gasteiger partial charge on any atom is -0.469 e. The summed E-state index contributed by atoms with van der Waals surface area (Å²) in [7, 11) is 0. The Kier molecular flexibility index (Phi) is 5.98. The number of furan rings is 1. The molecular weight excluding hydrogens is 420 g/mol. The lowest BCUT2D eigenvalue weighted by molar-refractivity contribution is -0.116. The fraction of sp³-hybridized carbons (Fsp3) is 0.200. The molecule has 3 aromatic heterocycles. The molecule has 0 amide bonds. The quantitative estimate of drug-likeness (QED) is 0.295. The third-order valence-corrected chi connectivity index (χ3v) is 6.31. The molecule has 0 saturated carbocycles. The van der Waals surface area contributed by atoms with Gasteiger partial charge in [0.25, 0.3) is 0 Å². The summed E-state index contributed by atoms with van der Waals surface area (Å²) in [6.07, 6.45) is 3.57. The summed E-state index contributed by atoms with van der Waals surface area (Å²) in [4.78, 5) is 17.1. The Hall–Kier alpha value is -3.45. The van der Waals surface area contributed by atoms with Crippen LogP contribution in [0.15, 0.2) is 82.6 Å². The smallest absolute Gasteiger partial charge is 0.211 e. The Morgan fingerprint density at radius 2 is 1.78 bits per heavy atom. The van der Waals surface area contributed by atoms with Crippen LogP contribution in [0.5, 0.6) is 0 Å². The number of hydrogen-bond donors (Lipinski definition) is 0. The van der Waals surface area contributed by atoms with E-state index in [9.17, 15) is 4.79 Å². The maximum atomic E-state index is 12.3. The summed E-state index contributed by atoms with van der Waals surface area (Å²) < 4.78 is 7.50. The third kappa shape index (κ3) is 4.43. The van der Waals surface area contributed by atoms with Crippen molar-refractivity contribution in [2.45, 2.75) is 31.0 Å². The van der Waals surface area contributed by atoms with Crippen molar-refractivity contribution >= 4 is 39.6 Å². The van der Waals surface area contributed by atoms with Gasteiger partial charge in [0.05, 0.1) is 17.5 Å². The predicted molar refractivity (Wildman–Crippen MR) is 126 cm³/mol. The van der Waals surface area contributed by atoms with Gasteiger partial charge >= 0.3 is 0 Å². The number of ketones is 1. The minimum atomic E-state index is 0.139. The van der Waals surface area contributed by atoms with Gasteiger partial charge in [0, 0.05) is 24.8 Å². The lowest BCUT2D eigenvalue weighted by atomic mass is 10.1. The molecule has 7 heteroatoms. The van der Waals surface area contributed by atoms with Gasteiger partial charge in [-0.3, -0.25) is 4.79 Å². The number of benzene rings is 2. The predicted octanol–water partition coefficient (Wildman–Crippen LogP) is 5.11. The molecule has 0 saturated heterocycles. The monoisotopic (exact) mass is 442 g/mol. The van der Waals surface area contributed by atoms with Gasteiger partial charge in [0.2, 0.25) is 5.16 Å². The van der Waals surface area contributed by atoms with Crippen LogP contribution in [0.25, 0.3) is 22.1 Å². The summed E-state index contributed by atoms with van der Waals surface area (Å²) in [6, 6.07) is 22.3. The van der Waals surface area contributed by atoms with Crippen LogP contribution in [0.3, 0.4) is 0 Å². The SMILES string of the molecule is O=C(CCc1ccco1)CSc1nnc2c3ccccc3n(CCc3ccccc3)c2n1. The molecule has 0 fully saturated rings. The first kappa shape index (κ1) is 20.5. The number of carbonyl (C=O) groups excluding carboxylic acids is 1. The van der Waals surface area contributed by atoms with E-state index in [1.54, 1.807) is 6.26 Å². The Labute approximate surface area is 189 Å². The van der Waals surface area contributed by atoms with E-state index in [2.05, 4.69) is 51.2 Å². The highest BCUT2D eigenvalue weighted by atomic mass is 32.2. The topological polar surface area (TPSA) is 73.8 Å². The molecule has 0 radical (unpaired) electrons. The van der Waals surface area contributed by atoms with E-state index in [-0.39, 0.29) is 5.78 Å². The molecule has 6 nitrogen and oxygen atoms in total. The molecular formula is C25H22N4O2S. The van der Waals surface area contributed by atoms with Crippen LogP contribution < -0.4 is 0 Å². The summed E-state index contributed by atoms with van der Waals surface area (Å²) in [5.41, 5.74) is 3.97. The first-order valence-electron chi connectivity index (χ1n) is 10.6. The maximum absolute atomic E-state index is 12.3. The fourth-order valence-corrected chi connectivity index (χ4v) is 4.48. The molecule has 0 aliphatic heterocycles. The van der Waals surface area contributed by atoms with Crippen molar-refractivity contribution < 1.29 is 9.21 Å². The van der Waals surface area contributed by atoms with E-state index in [1.807, 2.05) is 30.3 Å². The first-order chi connectivity index (χ1) is 15.8. The van der Waals surface area contributed by atoms with Crippen LogP contribution in [0.1, 0.15) is 17.7 Å². The van der Waals surface area contributed by atoms with Gasteiger partial charge in [-0.1, -0.05) is 60.3 Å². The van der Waals surface area contributed by atoms with Crippen LogP contribution in [-0.2, 0) is 24.2 Å². The molecule has 2 aromatic carbocycles. The van der Waals surface area contributed by atoms with Crippen molar-refractivity contribution in [1.82, 2.24) is 19.7 Å². The minimum absolute atomic E-state index is 0.139. The molecule has 3 heterocycles. The number of hydrogen-bond acceptors (Lipinski definition) is 6. The maximum Gasteiger partial charge on any atom is 0.211 e. The number of rotatable bonds is 9. The molecule has 5 rings (SSSR count). The fourth-order valence-electron chi connectivity index (χ4n) is 3.80. The summed E-state index contributed by atoms with van der Waals surface area (Å²) >= 11 is 1.34. The van der Waals surface area contributed by atoms with Crippen molar-refractivity contribution in [3.63, 3.8) is 0 Å². The van der Waals surface area contributed by atoms with E-state index in [0.717, 1.165) is 40.8 Å². The summed E-state index contributed by atoms with van der Waals surface area (Å²) in [6.45, 7) is 0.791. The van der Waals surface area contributed by atoms with Crippen LogP contribution in [0.4, 0.5) is 0 Å². The first-order valence-corrected chi connectivity index (χ1v) is 11.6. The summed E-state index contributed by atoms with van der Waals surface area (Å²) in [5, 5.41) is 10.3. The number of aryl methyl sites for hydroxylation is 3. The molecule has 160 valence electrons. The summed E-state index contributed by atoms with van der Waals surface area (Å²) in [5.74, 6) is 1.28. The molecule has 0 aliphatic carbocycles. The van der Waals surface area contributed by atoms with Crippen LogP contribution in [-0.4, -0.2) is 31.3 Å². The van der Waals surface area contributed by atoms with Crippen LogP contribution in [0.2, 0.25) is 0 Å². The van der Waals surface area contributed by atoms with Gasteiger partial charge in [-0.05, 0) is 30.2 Å². The van der Waals surface area contributed by atoms with Gasteiger partial charge in [0.15, 0.2) is 5.65 Å². The molecule has 32 heavy (non-hydrogen) atoms. The Morgan fingerprint density at radius 1 is 0.938 bits per heavy atom. The Balaban J connectivity index is 1.36. The van der Waals surface area contributed by atoms with E-state index in [0.29, 0.717) is 23.8 Å². The molecule has 0 bridgehead atoms. The lowest BCUT2D eigenvalue weighted by Crippen LogP contribution is -2.06. The second-order valence-corrected chi connectivity index (χ2v) is 8.52. The van der Waals surface area contributed by atoms with Gasteiger partial charge in [-0.25, -0.2) is 4.98 Å². The third-order valence-electron chi connectivity index (χ3n) is 5.41. The second-order valence-electron chi connectivity index (χ2n) is 7.58. The normalized spacial score (nSPS) is 11.4. The number of nitrogens with zero attached hydrogens (tertiary/aromatic N) is 4. The van der Waals surface area contributed by atoms with Crippen molar-refractivity contribution in [3.05, 3.63) is 84.3 Å². The van der Waals surface area contributed by atoms with E-state index in [1.165, 1.54) is 17.3 Å². The lowest BCUT2D eigenvalue weighted by Gasteiger charge is -2.07. The van der Waals surface area contributed by atoms with Gasteiger partial charge in [-0.15, -0.1) is 10.2 Å². The molecule has 0 aliphatic rings. The van der Waals surface area contributed by atoms with Gasteiger partial charge in [0.1, 0.15) is 17.1 Å². The Bertz CT molecular complexity index is 1350. The number of Topliss-reactive ketones (excluding diaryl/α,β-unsaturated/α-hetero) is 1. The zero-order valence-corrected chi connectivity index (χ0v) is 18.3. The van der Waals surface area contributed by atoms with E-state index in [4.69, 9.17) is 9.40 Å². The number of carbonyl (C=O) groups is 1. The zero-order chi connectivity index (χ0) is 21.8.